The van der Waals surface area contributed by atoms with Crippen LogP contribution < -0.4 is 5.32 Å². The van der Waals surface area contributed by atoms with Gasteiger partial charge in [0.05, 0.1) is 5.56 Å². The number of alkyl halides is 3. The van der Waals surface area contributed by atoms with Crippen molar-refractivity contribution in [2.24, 2.45) is 0 Å². The maximum Gasteiger partial charge on any atom is 0.433 e. The van der Waals surface area contributed by atoms with Gasteiger partial charge < -0.3 is 10.2 Å². The monoisotopic (exact) mass is 453 g/mol. The maximum atomic E-state index is 12.7. The van der Waals surface area contributed by atoms with Gasteiger partial charge in [-0.3, -0.25) is 14.6 Å². The third-order valence-electron chi connectivity index (χ3n) is 5.58. The van der Waals surface area contributed by atoms with Crippen LogP contribution in [0.15, 0.2) is 66.9 Å². The smallest absolute Gasteiger partial charge is 0.348 e. The minimum absolute atomic E-state index is 0.0568. The first-order chi connectivity index (χ1) is 15.8. The molecule has 1 N–H and O–H groups in total. The van der Waals surface area contributed by atoms with Crippen LogP contribution in [0.25, 0.3) is 11.1 Å². The molecule has 0 unspecified atom stereocenters. The van der Waals surface area contributed by atoms with E-state index in [9.17, 15) is 22.8 Å². The zero-order valence-corrected chi connectivity index (χ0v) is 17.7. The first kappa shape index (κ1) is 22.5. The number of pyridine rings is 1. The average Bonchev–Trinajstić information content (AvgIpc) is 3.22. The Hall–Kier alpha value is -3.68. The highest BCUT2D eigenvalue weighted by molar-refractivity contribution is 5.93. The molecule has 1 aliphatic heterocycles. The number of halogens is 3. The molecule has 2 aromatic carbocycles. The molecule has 1 saturated heterocycles. The van der Waals surface area contributed by atoms with Gasteiger partial charge in [0.2, 0.25) is 5.91 Å². The van der Waals surface area contributed by atoms with Crippen LogP contribution in [-0.4, -0.2) is 28.2 Å². The topological polar surface area (TPSA) is 62.3 Å². The molecule has 1 fully saturated rings. The van der Waals surface area contributed by atoms with E-state index in [4.69, 9.17) is 0 Å². The second-order valence-corrected chi connectivity index (χ2v) is 7.89. The number of hydrogen-bond acceptors (Lipinski definition) is 3. The van der Waals surface area contributed by atoms with Gasteiger partial charge >= 0.3 is 6.18 Å². The normalized spacial score (nSPS) is 13.9. The molecular formula is C25H22F3N3O2. The van der Waals surface area contributed by atoms with Gasteiger partial charge in [-0.05, 0) is 40.8 Å². The average molecular weight is 453 g/mol. The van der Waals surface area contributed by atoms with Crippen LogP contribution >= 0.6 is 0 Å². The van der Waals surface area contributed by atoms with Gasteiger partial charge in [-0.25, -0.2) is 0 Å². The van der Waals surface area contributed by atoms with E-state index < -0.39 is 17.8 Å². The lowest BCUT2D eigenvalue weighted by Gasteiger charge is -2.16. The van der Waals surface area contributed by atoms with Crippen LogP contribution in [0.4, 0.5) is 13.2 Å². The van der Waals surface area contributed by atoms with Crippen molar-refractivity contribution in [3.8, 4) is 11.1 Å². The number of nitrogens with one attached hydrogen (secondary N) is 1. The molecule has 0 radical (unpaired) electrons. The van der Waals surface area contributed by atoms with E-state index in [0.717, 1.165) is 53.5 Å². The lowest BCUT2D eigenvalue weighted by Crippen LogP contribution is -2.24. The molecule has 3 aromatic rings. The molecule has 0 bridgehead atoms. The SMILES string of the molecule is O=C(NCc1ccccc1-c1ccc(CN2CCCC2=O)cc1)c1ccc(C(F)(F)F)nc1. The number of benzene rings is 2. The van der Waals surface area contributed by atoms with E-state index in [1.54, 1.807) is 0 Å². The molecule has 1 aliphatic rings. The number of rotatable bonds is 6. The summed E-state index contributed by atoms with van der Waals surface area (Å²) in [6.07, 6.45) is -2.11. The Bertz CT molecular complexity index is 1140. The molecule has 5 nitrogen and oxygen atoms in total. The lowest BCUT2D eigenvalue weighted by molar-refractivity contribution is -0.141. The molecule has 8 heteroatoms. The Kier molecular flexibility index (Phi) is 6.44. The van der Waals surface area contributed by atoms with E-state index in [1.165, 1.54) is 0 Å². The van der Waals surface area contributed by atoms with Crippen LogP contribution in [-0.2, 0) is 24.1 Å². The lowest BCUT2D eigenvalue weighted by atomic mass is 9.98. The minimum atomic E-state index is -4.55. The van der Waals surface area contributed by atoms with Crippen LogP contribution in [0.2, 0.25) is 0 Å². The predicted molar refractivity (Wildman–Crippen MR) is 117 cm³/mol. The third kappa shape index (κ3) is 5.39. The second-order valence-electron chi connectivity index (χ2n) is 7.89. The number of likely N-dealkylation sites (tertiary alicyclic amines) is 1. The van der Waals surface area contributed by atoms with Gasteiger partial charge in [0.1, 0.15) is 5.69 Å². The van der Waals surface area contributed by atoms with Crippen LogP contribution in [0.3, 0.4) is 0 Å². The Morgan fingerprint density at radius 1 is 1.03 bits per heavy atom. The minimum Gasteiger partial charge on any atom is -0.348 e. The summed E-state index contributed by atoms with van der Waals surface area (Å²) in [6.45, 7) is 1.59. The Balaban J connectivity index is 1.43. The number of amides is 2. The molecule has 2 heterocycles. The molecule has 2 amide bonds. The van der Waals surface area contributed by atoms with Gasteiger partial charge in [-0.1, -0.05) is 48.5 Å². The predicted octanol–water partition coefficient (Wildman–Crippen LogP) is 4.82. The molecule has 0 aliphatic carbocycles. The summed E-state index contributed by atoms with van der Waals surface area (Å²) in [5.41, 5.74) is 2.84. The summed E-state index contributed by atoms with van der Waals surface area (Å²) < 4.78 is 38.0. The highest BCUT2D eigenvalue weighted by Gasteiger charge is 2.32. The number of nitrogens with zero attached hydrogens (tertiary/aromatic N) is 2. The van der Waals surface area contributed by atoms with E-state index in [2.05, 4.69) is 10.3 Å². The van der Waals surface area contributed by atoms with Gasteiger partial charge in [-0.2, -0.15) is 13.2 Å². The molecule has 0 spiro atoms. The van der Waals surface area contributed by atoms with Gasteiger partial charge in [-0.15, -0.1) is 0 Å². The van der Waals surface area contributed by atoms with Gasteiger partial charge in [0.15, 0.2) is 0 Å². The highest BCUT2D eigenvalue weighted by Crippen LogP contribution is 2.27. The van der Waals surface area contributed by atoms with Crippen molar-refractivity contribution in [1.29, 1.82) is 0 Å². The van der Waals surface area contributed by atoms with Crippen molar-refractivity contribution in [2.75, 3.05) is 6.54 Å². The van der Waals surface area contributed by atoms with E-state index in [0.29, 0.717) is 13.0 Å². The zero-order valence-electron chi connectivity index (χ0n) is 17.7. The third-order valence-corrected chi connectivity index (χ3v) is 5.58. The molecular weight excluding hydrogens is 431 g/mol. The molecule has 1 aromatic heterocycles. The van der Waals surface area contributed by atoms with Crippen LogP contribution in [0.5, 0.6) is 0 Å². The fourth-order valence-electron chi connectivity index (χ4n) is 3.81. The number of carbonyl (C=O) groups excluding carboxylic acids is 2. The zero-order chi connectivity index (χ0) is 23.4. The summed E-state index contributed by atoms with van der Waals surface area (Å²) in [4.78, 5) is 29.4. The second kappa shape index (κ2) is 9.44. The Morgan fingerprint density at radius 3 is 2.42 bits per heavy atom. The molecule has 4 rings (SSSR count). The van der Waals surface area contributed by atoms with Gasteiger partial charge in [0.25, 0.3) is 5.91 Å². The van der Waals surface area contributed by atoms with Crippen LogP contribution in [0.1, 0.15) is 40.0 Å². The quantitative estimate of drug-likeness (QED) is 0.582. The number of aromatic nitrogens is 1. The fourth-order valence-corrected chi connectivity index (χ4v) is 3.81. The Labute approximate surface area is 189 Å². The largest absolute Gasteiger partial charge is 0.433 e. The Morgan fingerprint density at radius 2 is 1.79 bits per heavy atom. The molecule has 0 atom stereocenters. The molecule has 33 heavy (non-hydrogen) atoms. The summed E-state index contributed by atoms with van der Waals surface area (Å²) in [5, 5.41) is 2.74. The van der Waals surface area contributed by atoms with Crippen molar-refractivity contribution < 1.29 is 22.8 Å². The summed E-state index contributed by atoms with van der Waals surface area (Å²) in [5.74, 6) is -0.319. The number of hydrogen-bond donors (Lipinski definition) is 1. The summed E-state index contributed by atoms with van der Waals surface area (Å²) in [7, 11) is 0. The maximum absolute atomic E-state index is 12.7. The van der Waals surface area contributed by atoms with Crippen molar-refractivity contribution >= 4 is 11.8 Å². The summed E-state index contributed by atoms with van der Waals surface area (Å²) >= 11 is 0. The first-order valence-electron chi connectivity index (χ1n) is 10.6. The van der Waals surface area contributed by atoms with Crippen LogP contribution in [0, 0.1) is 0 Å². The molecule has 0 saturated carbocycles. The van der Waals surface area contributed by atoms with Crippen molar-refractivity contribution in [2.45, 2.75) is 32.1 Å². The van der Waals surface area contributed by atoms with E-state index >= 15 is 0 Å². The van der Waals surface area contributed by atoms with Gasteiger partial charge in [0, 0.05) is 32.3 Å². The van der Waals surface area contributed by atoms with Crippen molar-refractivity contribution in [1.82, 2.24) is 15.2 Å². The standard InChI is InChI=1S/C25H22F3N3O2/c26-25(27,28)22-12-11-20(15-29-22)24(33)30-14-19-4-1-2-5-21(19)18-9-7-17(8-10-18)16-31-13-3-6-23(31)32/h1-2,4-5,7-12,15H,3,6,13-14,16H2,(H,30,33). The summed E-state index contributed by atoms with van der Waals surface area (Å²) in [6, 6.07) is 17.4. The van der Waals surface area contributed by atoms with E-state index in [-0.39, 0.29) is 18.0 Å². The number of carbonyl (C=O) groups is 2. The van der Waals surface area contributed by atoms with E-state index in [1.807, 2.05) is 53.4 Å². The highest BCUT2D eigenvalue weighted by atomic mass is 19.4. The molecule has 170 valence electrons. The first-order valence-corrected chi connectivity index (χ1v) is 10.6. The fraction of sp³-hybridized carbons (Fsp3) is 0.240. The van der Waals surface area contributed by atoms with Crippen molar-refractivity contribution in [3.63, 3.8) is 0 Å². The van der Waals surface area contributed by atoms with Crippen molar-refractivity contribution in [3.05, 3.63) is 89.2 Å².